The Morgan fingerprint density at radius 2 is 1.94 bits per heavy atom. The van der Waals surface area contributed by atoms with Crippen molar-refractivity contribution in [3.8, 4) is 0 Å². The van der Waals surface area contributed by atoms with Gasteiger partial charge in [0.05, 0.1) is 6.04 Å². The molecule has 0 spiro atoms. The van der Waals surface area contributed by atoms with Crippen LogP contribution in [0, 0.1) is 0 Å². The molecule has 0 fully saturated rings. The molecule has 82 valence electrons. The van der Waals surface area contributed by atoms with Crippen LogP contribution < -0.4 is 11.1 Å². The van der Waals surface area contributed by atoms with Crippen molar-refractivity contribution in [2.24, 2.45) is 0 Å². The second-order valence-corrected chi connectivity index (χ2v) is 3.64. The first-order chi connectivity index (χ1) is 7.75. The molecule has 1 unspecified atom stereocenters. The molecule has 0 aliphatic heterocycles. The summed E-state index contributed by atoms with van der Waals surface area (Å²) in [5.41, 5.74) is 7.58. The van der Waals surface area contributed by atoms with E-state index in [1.54, 1.807) is 6.20 Å². The van der Waals surface area contributed by atoms with E-state index >= 15 is 0 Å². The maximum atomic E-state index is 5.64. The summed E-state index contributed by atoms with van der Waals surface area (Å²) in [4.78, 5) is 0. The molecule has 0 saturated heterocycles. The van der Waals surface area contributed by atoms with Crippen molar-refractivity contribution >= 4 is 11.5 Å². The van der Waals surface area contributed by atoms with Crippen LogP contribution >= 0.6 is 0 Å². The summed E-state index contributed by atoms with van der Waals surface area (Å²) in [6.07, 6.45) is 1.65. The number of anilines is 2. The summed E-state index contributed by atoms with van der Waals surface area (Å²) in [6, 6.07) is 11.7. The Bertz CT molecular complexity index is 438. The van der Waals surface area contributed by atoms with Crippen molar-refractivity contribution in [1.82, 2.24) is 10.2 Å². The van der Waals surface area contributed by atoms with E-state index in [0.717, 1.165) is 11.5 Å². The van der Waals surface area contributed by atoms with E-state index in [2.05, 4.69) is 22.4 Å². The van der Waals surface area contributed by atoms with Gasteiger partial charge in [-0.1, -0.05) is 12.1 Å². The number of hydrogen-bond acceptors (Lipinski definition) is 4. The van der Waals surface area contributed by atoms with Gasteiger partial charge in [0.2, 0.25) is 0 Å². The smallest absolute Gasteiger partial charge is 0.149 e. The zero-order valence-electron chi connectivity index (χ0n) is 9.09. The van der Waals surface area contributed by atoms with Crippen molar-refractivity contribution in [2.75, 3.05) is 11.1 Å². The molecule has 0 amide bonds. The van der Waals surface area contributed by atoms with Crippen molar-refractivity contribution in [3.05, 3.63) is 48.2 Å². The van der Waals surface area contributed by atoms with Crippen LogP contribution in [0.15, 0.2) is 42.6 Å². The standard InChI is InChI=1S/C12H14N4/c1-9(10-4-6-11(13)7-5-10)15-12-3-2-8-14-16-12/h2-9H,13H2,1H3,(H,15,16). The van der Waals surface area contributed by atoms with Crippen LogP contribution in [-0.2, 0) is 0 Å². The third-order valence-electron chi connectivity index (χ3n) is 2.37. The van der Waals surface area contributed by atoms with E-state index in [1.165, 1.54) is 5.56 Å². The highest BCUT2D eigenvalue weighted by atomic mass is 15.2. The lowest BCUT2D eigenvalue weighted by Gasteiger charge is -2.14. The Morgan fingerprint density at radius 3 is 2.56 bits per heavy atom. The molecule has 3 N–H and O–H groups in total. The highest BCUT2D eigenvalue weighted by Gasteiger charge is 2.05. The van der Waals surface area contributed by atoms with Crippen molar-refractivity contribution < 1.29 is 0 Å². The second kappa shape index (κ2) is 4.61. The molecule has 1 atom stereocenters. The lowest BCUT2D eigenvalue weighted by Crippen LogP contribution is -2.08. The molecule has 2 rings (SSSR count). The summed E-state index contributed by atoms with van der Waals surface area (Å²) in [5.74, 6) is 0.770. The minimum Gasteiger partial charge on any atom is -0.399 e. The topological polar surface area (TPSA) is 63.8 Å². The van der Waals surface area contributed by atoms with Crippen molar-refractivity contribution in [3.63, 3.8) is 0 Å². The zero-order chi connectivity index (χ0) is 11.4. The molecule has 16 heavy (non-hydrogen) atoms. The molecule has 4 nitrogen and oxygen atoms in total. The normalized spacial score (nSPS) is 12.1. The first kappa shape index (κ1) is 10.4. The first-order valence-electron chi connectivity index (χ1n) is 5.15. The van der Waals surface area contributed by atoms with Gasteiger partial charge in [-0.25, -0.2) is 0 Å². The van der Waals surface area contributed by atoms with Crippen LogP contribution in [0.25, 0.3) is 0 Å². The second-order valence-electron chi connectivity index (χ2n) is 3.64. The van der Waals surface area contributed by atoms with Gasteiger partial charge >= 0.3 is 0 Å². The fourth-order valence-corrected chi connectivity index (χ4v) is 1.47. The Kier molecular flexibility index (Phi) is 3.00. The van der Waals surface area contributed by atoms with Crippen LogP contribution in [0.1, 0.15) is 18.5 Å². The Labute approximate surface area is 94.5 Å². The van der Waals surface area contributed by atoms with Crippen molar-refractivity contribution in [2.45, 2.75) is 13.0 Å². The number of rotatable bonds is 3. The molecule has 1 heterocycles. The Balaban J connectivity index is 2.09. The molecule has 0 radical (unpaired) electrons. The Hall–Kier alpha value is -2.10. The fourth-order valence-electron chi connectivity index (χ4n) is 1.47. The first-order valence-corrected chi connectivity index (χ1v) is 5.15. The van der Waals surface area contributed by atoms with Crippen molar-refractivity contribution in [1.29, 1.82) is 0 Å². The number of nitrogens with two attached hydrogens (primary N) is 1. The van der Waals surface area contributed by atoms with Gasteiger partial charge in [-0.15, -0.1) is 5.10 Å². The maximum Gasteiger partial charge on any atom is 0.149 e. The van der Waals surface area contributed by atoms with Crippen LogP contribution in [0.2, 0.25) is 0 Å². The molecule has 0 aliphatic carbocycles. The summed E-state index contributed by atoms with van der Waals surface area (Å²) >= 11 is 0. The third kappa shape index (κ3) is 2.48. The highest BCUT2D eigenvalue weighted by molar-refractivity contribution is 5.42. The molecule has 2 aromatic rings. The van der Waals surface area contributed by atoms with E-state index in [9.17, 15) is 0 Å². The monoisotopic (exact) mass is 214 g/mol. The summed E-state index contributed by atoms with van der Waals surface area (Å²) in [5, 5.41) is 11.1. The van der Waals surface area contributed by atoms with Gasteiger partial charge in [0, 0.05) is 11.9 Å². The summed E-state index contributed by atoms with van der Waals surface area (Å²) in [7, 11) is 0. The molecule has 1 aromatic carbocycles. The van der Waals surface area contributed by atoms with Gasteiger partial charge in [0.1, 0.15) is 5.82 Å². The number of nitrogen functional groups attached to an aromatic ring is 1. The third-order valence-corrected chi connectivity index (χ3v) is 2.37. The molecule has 0 bridgehead atoms. The molecule has 0 saturated carbocycles. The Morgan fingerprint density at radius 1 is 1.19 bits per heavy atom. The number of benzene rings is 1. The molecular formula is C12H14N4. The largest absolute Gasteiger partial charge is 0.399 e. The number of nitrogens with one attached hydrogen (secondary N) is 1. The van der Waals surface area contributed by atoms with Crippen LogP contribution in [0.4, 0.5) is 11.5 Å². The minimum atomic E-state index is 0.178. The minimum absolute atomic E-state index is 0.178. The number of nitrogens with zero attached hydrogens (tertiary/aromatic N) is 2. The van der Waals surface area contributed by atoms with Gasteiger partial charge in [-0.2, -0.15) is 5.10 Å². The van der Waals surface area contributed by atoms with Gasteiger partial charge in [-0.05, 0) is 36.8 Å². The average molecular weight is 214 g/mol. The van der Waals surface area contributed by atoms with E-state index in [0.29, 0.717) is 0 Å². The summed E-state index contributed by atoms with van der Waals surface area (Å²) in [6.45, 7) is 2.07. The predicted molar refractivity (Wildman–Crippen MR) is 64.9 cm³/mol. The summed E-state index contributed by atoms with van der Waals surface area (Å²) < 4.78 is 0. The van der Waals surface area contributed by atoms with Crippen LogP contribution in [0.3, 0.4) is 0 Å². The highest BCUT2D eigenvalue weighted by Crippen LogP contribution is 2.18. The lowest BCUT2D eigenvalue weighted by molar-refractivity contribution is 0.861. The molecule has 4 heteroatoms. The quantitative estimate of drug-likeness (QED) is 0.769. The SMILES string of the molecule is CC(Nc1cccnn1)c1ccc(N)cc1. The fraction of sp³-hybridized carbons (Fsp3) is 0.167. The maximum absolute atomic E-state index is 5.64. The molecule has 0 aliphatic rings. The van der Waals surface area contributed by atoms with E-state index in [4.69, 9.17) is 5.73 Å². The van der Waals surface area contributed by atoms with E-state index < -0.39 is 0 Å². The van der Waals surface area contributed by atoms with Gasteiger partial charge < -0.3 is 11.1 Å². The van der Waals surface area contributed by atoms with Crippen LogP contribution in [-0.4, -0.2) is 10.2 Å². The lowest BCUT2D eigenvalue weighted by atomic mass is 10.1. The van der Waals surface area contributed by atoms with E-state index in [1.807, 2.05) is 36.4 Å². The predicted octanol–water partition coefficient (Wildman–Crippen LogP) is 2.23. The van der Waals surface area contributed by atoms with Gasteiger partial charge in [-0.3, -0.25) is 0 Å². The average Bonchev–Trinajstić information content (AvgIpc) is 2.31. The number of hydrogen-bond donors (Lipinski definition) is 2. The van der Waals surface area contributed by atoms with E-state index in [-0.39, 0.29) is 6.04 Å². The zero-order valence-corrected chi connectivity index (χ0v) is 9.09. The number of aromatic nitrogens is 2. The molecule has 1 aromatic heterocycles. The van der Waals surface area contributed by atoms with Crippen LogP contribution in [0.5, 0.6) is 0 Å². The van der Waals surface area contributed by atoms with Gasteiger partial charge in [0.25, 0.3) is 0 Å². The van der Waals surface area contributed by atoms with Gasteiger partial charge in [0.15, 0.2) is 0 Å². The molecular weight excluding hydrogens is 200 g/mol.